The second kappa shape index (κ2) is 4.89. The third kappa shape index (κ3) is 2.31. The normalized spacial score (nSPS) is 10.8. The Kier molecular flexibility index (Phi) is 3.05. The second-order valence-electron chi connectivity index (χ2n) is 4.19. The highest BCUT2D eigenvalue weighted by Crippen LogP contribution is 2.24. The predicted molar refractivity (Wildman–Crippen MR) is 68.9 cm³/mol. The van der Waals surface area contributed by atoms with Crippen molar-refractivity contribution in [2.75, 3.05) is 5.73 Å². The number of hydrogen-bond donors (Lipinski definition) is 1. The quantitative estimate of drug-likeness (QED) is 0.736. The van der Waals surface area contributed by atoms with E-state index in [2.05, 4.69) is 15.1 Å². The zero-order chi connectivity index (χ0) is 15.0. The topological polar surface area (TPSA) is 69.6 Å². The molecule has 0 atom stereocenters. The number of rotatable bonds is 2. The molecule has 0 aliphatic rings. The monoisotopic (exact) mass is 291 g/mol. The van der Waals surface area contributed by atoms with Crippen LogP contribution in [0.25, 0.3) is 17.1 Å². The van der Waals surface area contributed by atoms with Gasteiger partial charge in [-0.15, -0.1) is 0 Å². The van der Waals surface area contributed by atoms with Crippen LogP contribution in [0, 0.1) is 17.5 Å². The largest absolute Gasteiger partial charge is 0.396 e. The summed E-state index contributed by atoms with van der Waals surface area (Å²) in [5.41, 5.74) is 6.79. The minimum Gasteiger partial charge on any atom is -0.396 e. The van der Waals surface area contributed by atoms with Gasteiger partial charge in [-0.05, 0) is 0 Å². The Morgan fingerprint density at radius 1 is 1.05 bits per heavy atom. The third-order valence-electron chi connectivity index (χ3n) is 2.78. The van der Waals surface area contributed by atoms with E-state index < -0.39 is 17.5 Å². The van der Waals surface area contributed by atoms with Gasteiger partial charge >= 0.3 is 0 Å². The van der Waals surface area contributed by atoms with Gasteiger partial charge in [0.15, 0.2) is 17.5 Å². The molecule has 0 amide bonds. The van der Waals surface area contributed by atoms with Gasteiger partial charge in [0.05, 0.1) is 23.8 Å². The predicted octanol–water partition coefficient (Wildman–Crippen LogP) is 2.33. The minimum absolute atomic E-state index is 0.00763. The smallest absolute Gasteiger partial charge is 0.194 e. The third-order valence-corrected chi connectivity index (χ3v) is 2.78. The Hall–Kier alpha value is -2.90. The highest BCUT2D eigenvalue weighted by Gasteiger charge is 2.15. The van der Waals surface area contributed by atoms with Gasteiger partial charge in [0, 0.05) is 24.5 Å². The first-order chi connectivity index (χ1) is 10.1. The molecule has 0 spiro atoms. The van der Waals surface area contributed by atoms with E-state index in [-0.39, 0.29) is 11.4 Å². The number of nitrogen functional groups attached to an aromatic ring is 1. The van der Waals surface area contributed by atoms with Crippen LogP contribution in [0.1, 0.15) is 0 Å². The zero-order valence-corrected chi connectivity index (χ0v) is 10.5. The molecule has 0 fully saturated rings. The molecule has 5 nitrogen and oxygen atoms in total. The first-order valence-corrected chi connectivity index (χ1v) is 5.82. The molecule has 2 N–H and O–H groups in total. The van der Waals surface area contributed by atoms with Crippen LogP contribution in [0.5, 0.6) is 0 Å². The Balaban J connectivity index is 2.10. The maximum absolute atomic E-state index is 13.2. The van der Waals surface area contributed by atoms with Gasteiger partial charge in [0.1, 0.15) is 11.4 Å². The van der Waals surface area contributed by atoms with Gasteiger partial charge in [-0.3, -0.25) is 9.97 Å². The molecule has 0 radical (unpaired) electrons. The van der Waals surface area contributed by atoms with Crippen molar-refractivity contribution < 1.29 is 13.2 Å². The van der Waals surface area contributed by atoms with Gasteiger partial charge in [0.2, 0.25) is 0 Å². The van der Waals surface area contributed by atoms with Crippen molar-refractivity contribution in [3.8, 4) is 17.1 Å². The van der Waals surface area contributed by atoms with Gasteiger partial charge in [-0.25, -0.2) is 17.9 Å². The zero-order valence-electron chi connectivity index (χ0n) is 10.5. The van der Waals surface area contributed by atoms with Crippen molar-refractivity contribution in [3.63, 3.8) is 0 Å². The minimum atomic E-state index is -1.53. The first-order valence-electron chi connectivity index (χ1n) is 5.82. The maximum atomic E-state index is 13.2. The van der Waals surface area contributed by atoms with Crippen molar-refractivity contribution in [3.05, 3.63) is 54.4 Å². The Bertz CT molecular complexity index is 778. The Labute approximate surface area is 116 Å². The van der Waals surface area contributed by atoms with E-state index in [0.29, 0.717) is 11.4 Å². The van der Waals surface area contributed by atoms with Gasteiger partial charge in [-0.2, -0.15) is 5.10 Å². The molecule has 0 unspecified atom stereocenters. The molecule has 0 saturated carbocycles. The molecule has 0 aliphatic carbocycles. The van der Waals surface area contributed by atoms with Crippen molar-refractivity contribution in [1.29, 1.82) is 0 Å². The van der Waals surface area contributed by atoms with E-state index in [1.165, 1.54) is 24.8 Å². The molecule has 106 valence electrons. The molecule has 0 saturated heterocycles. The number of benzene rings is 1. The summed E-state index contributed by atoms with van der Waals surface area (Å²) in [5.74, 6) is -4.15. The lowest BCUT2D eigenvalue weighted by Crippen LogP contribution is -2.00. The number of anilines is 1. The summed E-state index contributed by atoms with van der Waals surface area (Å²) in [7, 11) is 0. The van der Waals surface area contributed by atoms with E-state index in [4.69, 9.17) is 5.73 Å². The van der Waals surface area contributed by atoms with Crippen LogP contribution in [-0.2, 0) is 0 Å². The number of nitrogens with zero attached hydrogens (tertiary/aromatic N) is 4. The lowest BCUT2D eigenvalue weighted by atomic mass is 10.3. The molecule has 2 heterocycles. The molecule has 0 aliphatic heterocycles. The van der Waals surface area contributed by atoms with E-state index >= 15 is 0 Å². The molecule has 8 heteroatoms. The summed E-state index contributed by atoms with van der Waals surface area (Å²) < 4.78 is 40.6. The lowest BCUT2D eigenvalue weighted by molar-refractivity contribution is 0.446. The molecule has 1 aromatic carbocycles. The molecule has 2 aromatic heterocycles. The van der Waals surface area contributed by atoms with Gasteiger partial charge < -0.3 is 5.73 Å². The van der Waals surface area contributed by atoms with Crippen LogP contribution in [0.15, 0.2) is 36.9 Å². The summed E-state index contributed by atoms with van der Waals surface area (Å²) in [6.45, 7) is 0. The SMILES string of the molecule is Nc1cn(-c2cc(F)c(F)c(F)c2)nc1-c1cnccn1. The van der Waals surface area contributed by atoms with Crippen LogP contribution in [0.4, 0.5) is 18.9 Å². The number of nitrogens with two attached hydrogens (primary N) is 1. The van der Waals surface area contributed by atoms with Crippen molar-refractivity contribution in [2.45, 2.75) is 0 Å². The van der Waals surface area contributed by atoms with Crippen LogP contribution in [-0.4, -0.2) is 19.7 Å². The fraction of sp³-hybridized carbons (Fsp3) is 0. The Morgan fingerprint density at radius 2 is 1.76 bits per heavy atom. The number of hydrogen-bond acceptors (Lipinski definition) is 4. The van der Waals surface area contributed by atoms with Crippen molar-refractivity contribution in [1.82, 2.24) is 19.7 Å². The fourth-order valence-corrected chi connectivity index (χ4v) is 1.81. The summed E-state index contributed by atoms with van der Waals surface area (Å²) in [6.07, 6.45) is 5.76. The highest BCUT2D eigenvalue weighted by molar-refractivity contribution is 5.68. The average molecular weight is 291 g/mol. The first kappa shape index (κ1) is 13.1. The number of halogens is 3. The lowest BCUT2D eigenvalue weighted by Gasteiger charge is -2.03. The molecular formula is C13H8F3N5. The number of aromatic nitrogens is 4. The van der Waals surface area contributed by atoms with Crippen LogP contribution >= 0.6 is 0 Å². The van der Waals surface area contributed by atoms with Crippen molar-refractivity contribution >= 4 is 5.69 Å². The van der Waals surface area contributed by atoms with Crippen LogP contribution in [0.2, 0.25) is 0 Å². The van der Waals surface area contributed by atoms with E-state index in [0.717, 1.165) is 16.8 Å². The summed E-state index contributed by atoms with van der Waals surface area (Å²) in [5, 5.41) is 4.10. The van der Waals surface area contributed by atoms with Gasteiger partial charge in [-0.1, -0.05) is 0 Å². The molecule has 3 aromatic rings. The van der Waals surface area contributed by atoms with Crippen LogP contribution in [0.3, 0.4) is 0 Å². The van der Waals surface area contributed by atoms with Crippen LogP contribution < -0.4 is 5.73 Å². The van der Waals surface area contributed by atoms with Gasteiger partial charge in [0.25, 0.3) is 0 Å². The van der Waals surface area contributed by atoms with E-state index in [1.54, 1.807) is 0 Å². The summed E-state index contributed by atoms with van der Waals surface area (Å²) in [4.78, 5) is 7.93. The Morgan fingerprint density at radius 3 is 2.38 bits per heavy atom. The highest BCUT2D eigenvalue weighted by atomic mass is 19.2. The standard InChI is InChI=1S/C13H8F3N5/c14-8-3-7(4-9(15)12(8)16)21-6-10(17)13(20-21)11-5-18-1-2-19-11/h1-6H,17H2. The van der Waals surface area contributed by atoms with Crippen molar-refractivity contribution in [2.24, 2.45) is 0 Å². The molecular weight excluding hydrogens is 283 g/mol. The average Bonchev–Trinajstić information content (AvgIpc) is 2.87. The van der Waals surface area contributed by atoms with E-state index in [1.807, 2.05) is 0 Å². The van der Waals surface area contributed by atoms with E-state index in [9.17, 15) is 13.2 Å². The molecule has 21 heavy (non-hydrogen) atoms. The molecule has 3 rings (SSSR count). The summed E-state index contributed by atoms with van der Waals surface area (Å²) in [6, 6.07) is 1.65. The fourth-order valence-electron chi connectivity index (χ4n) is 1.81. The maximum Gasteiger partial charge on any atom is 0.194 e. The summed E-state index contributed by atoms with van der Waals surface area (Å²) >= 11 is 0. The molecule has 0 bridgehead atoms. The second-order valence-corrected chi connectivity index (χ2v) is 4.19.